The topological polar surface area (TPSA) is 12.4 Å². The third-order valence-corrected chi connectivity index (χ3v) is 4.23. The van der Waals surface area contributed by atoms with Crippen LogP contribution in [0.4, 0.5) is 5.69 Å². The van der Waals surface area contributed by atoms with Gasteiger partial charge in [0.2, 0.25) is 0 Å². The maximum absolute atomic E-state index is 4.75. The average Bonchev–Trinajstić information content (AvgIpc) is 2.80. The van der Waals surface area contributed by atoms with Gasteiger partial charge in [-0.15, -0.1) is 0 Å². The quantitative estimate of drug-likeness (QED) is 0.711. The molecule has 1 heteroatoms. The molecular weight excluding hydrogens is 206 g/mol. The standard InChI is InChI=1S/C16H21N/c1-2-6-13(7-3-1)10-11-15-12-14-8-4-5-9-16(14)17-15/h4-5,8-9,13H,1-3,6-7,10-12H2. The molecule has 0 N–H and O–H groups in total. The molecule has 17 heavy (non-hydrogen) atoms. The van der Waals surface area contributed by atoms with E-state index in [1.807, 2.05) is 0 Å². The Bertz CT molecular complexity index is 413. The van der Waals surface area contributed by atoms with Crippen molar-refractivity contribution in [2.75, 3.05) is 0 Å². The van der Waals surface area contributed by atoms with E-state index < -0.39 is 0 Å². The van der Waals surface area contributed by atoms with Crippen molar-refractivity contribution >= 4 is 11.4 Å². The molecule has 1 saturated carbocycles. The van der Waals surface area contributed by atoms with Crippen molar-refractivity contribution in [3.63, 3.8) is 0 Å². The molecule has 0 atom stereocenters. The fraction of sp³-hybridized carbons (Fsp3) is 0.562. The number of hydrogen-bond acceptors (Lipinski definition) is 1. The van der Waals surface area contributed by atoms with Crippen LogP contribution in [0.5, 0.6) is 0 Å². The number of fused-ring (bicyclic) bond motifs is 1. The van der Waals surface area contributed by atoms with E-state index in [0.717, 1.165) is 12.3 Å². The highest BCUT2D eigenvalue weighted by Crippen LogP contribution is 2.31. The van der Waals surface area contributed by atoms with Crippen LogP contribution >= 0.6 is 0 Å². The highest BCUT2D eigenvalue weighted by molar-refractivity contribution is 5.93. The van der Waals surface area contributed by atoms with Gasteiger partial charge in [-0.2, -0.15) is 0 Å². The number of aliphatic imine (C=N–C) groups is 1. The van der Waals surface area contributed by atoms with Gasteiger partial charge >= 0.3 is 0 Å². The molecule has 3 rings (SSSR count). The molecule has 1 aromatic carbocycles. The third-order valence-electron chi connectivity index (χ3n) is 4.23. The number of hydrogen-bond donors (Lipinski definition) is 0. The molecule has 1 aliphatic heterocycles. The summed E-state index contributed by atoms with van der Waals surface area (Å²) < 4.78 is 0. The van der Waals surface area contributed by atoms with E-state index in [0.29, 0.717) is 0 Å². The first-order chi connectivity index (χ1) is 8.42. The molecule has 1 nitrogen and oxygen atoms in total. The van der Waals surface area contributed by atoms with Crippen molar-refractivity contribution in [1.29, 1.82) is 0 Å². The minimum absolute atomic E-state index is 0.982. The lowest BCUT2D eigenvalue weighted by Crippen LogP contribution is -2.09. The van der Waals surface area contributed by atoms with E-state index in [4.69, 9.17) is 4.99 Å². The van der Waals surface area contributed by atoms with E-state index in [1.54, 1.807) is 0 Å². The highest BCUT2D eigenvalue weighted by atomic mass is 14.8. The zero-order valence-corrected chi connectivity index (χ0v) is 10.5. The average molecular weight is 227 g/mol. The van der Waals surface area contributed by atoms with Crippen LogP contribution in [0.2, 0.25) is 0 Å². The molecule has 0 amide bonds. The second-order valence-electron chi connectivity index (χ2n) is 5.53. The number of benzene rings is 1. The summed E-state index contributed by atoms with van der Waals surface area (Å²) in [5.74, 6) is 0.982. The smallest absolute Gasteiger partial charge is 0.0664 e. The fourth-order valence-electron chi connectivity index (χ4n) is 3.19. The third kappa shape index (κ3) is 2.59. The lowest BCUT2D eigenvalue weighted by Gasteiger charge is -2.21. The second-order valence-corrected chi connectivity index (χ2v) is 5.53. The van der Waals surface area contributed by atoms with Gasteiger partial charge in [0.15, 0.2) is 0 Å². The van der Waals surface area contributed by atoms with Crippen LogP contribution in [-0.4, -0.2) is 5.71 Å². The summed E-state index contributed by atoms with van der Waals surface area (Å²) in [4.78, 5) is 4.75. The van der Waals surface area contributed by atoms with E-state index in [1.165, 1.54) is 61.9 Å². The van der Waals surface area contributed by atoms with Gasteiger partial charge in [-0.05, 0) is 30.4 Å². The maximum atomic E-state index is 4.75. The van der Waals surface area contributed by atoms with Gasteiger partial charge in [0, 0.05) is 12.1 Å². The summed E-state index contributed by atoms with van der Waals surface area (Å²) in [6, 6.07) is 8.57. The van der Waals surface area contributed by atoms with Crippen LogP contribution in [0.15, 0.2) is 29.3 Å². The minimum Gasteiger partial charge on any atom is -0.257 e. The lowest BCUT2D eigenvalue weighted by atomic mass is 9.85. The Labute approximate surface area is 104 Å². The van der Waals surface area contributed by atoms with Crippen molar-refractivity contribution in [3.8, 4) is 0 Å². The molecule has 1 aromatic rings. The van der Waals surface area contributed by atoms with Crippen LogP contribution in [0.1, 0.15) is 50.5 Å². The summed E-state index contributed by atoms with van der Waals surface area (Å²) in [6.07, 6.45) is 11.0. The van der Waals surface area contributed by atoms with Gasteiger partial charge in [0.05, 0.1) is 5.69 Å². The first-order valence-corrected chi connectivity index (χ1v) is 7.06. The largest absolute Gasteiger partial charge is 0.257 e. The van der Waals surface area contributed by atoms with Gasteiger partial charge < -0.3 is 0 Å². The van der Waals surface area contributed by atoms with Gasteiger partial charge in [-0.1, -0.05) is 50.3 Å². The zero-order valence-electron chi connectivity index (χ0n) is 10.5. The predicted octanol–water partition coefficient (Wildman–Crippen LogP) is 4.68. The van der Waals surface area contributed by atoms with Crippen LogP contribution in [-0.2, 0) is 6.42 Å². The van der Waals surface area contributed by atoms with Gasteiger partial charge in [0.1, 0.15) is 0 Å². The minimum atomic E-state index is 0.982. The zero-order chi connectivity index (χ0) is 11.5. The lowest BCUT2D eigenvalue weighted by molar-refractivity contribution is 0.343. The van der Waals surface area contributed by atoms with Crippen molar-refractivity contribution < 1.29 is 0 Å². The Hall–Kier alpha value is -1.11. The van der Waals surface area contributed by atoms with Gasteiger partial charge in [-0.3, -0.25) is 4.99 Å². The summed E-state index contributed by atoms with van der Waals surface area (Å²) in [7, 11) is 0. The number of nitrogens with zero attached hydrogens (tertiary/aromatic N) is 1. The van der Waals surface area contributed by atoms with Crippen LogP contribution in [0.3, 0.4) is 0 Å². The molecule has 90 valence electrons. The molecular formula is C16H21N. The van der Waals surface area contributed by atoms with E-state index >= 15 is 0 Å². The van der Waals surface area contributed by atoms with Crippen LogP contribution < -0.4 is 0 Å². The Morgan fingerprint density at radius 2 is 1.88 bits per heavy atom. The summed E-state index contributed by atoms with van der Waals surface area (Å²) in [5.41, 5.74) is 4.05. The summed E-state index contributed by atoms with van der Waals surface area (Å²) in [6.45, 7) is 0. The molecule has 1 heterocycles. The molecule has 2 aliphatic rings. The highest BCUT2D eigenvalue weighted by Gasteiger charge is 2.17. The van der Waals surface area contributed by atoms with Gasteiger partial charge in [0.25, 0.3) is 0 Å². The molecule has 0 bridgehead atoms. The fourth-order valence-corrected chi connectivity index (χ4v) is 3.19. The monoisotopic (exact) mass is 227 g/mol. The first kappa shape index (κ1) is 11.0. The van der Waals surface area contributed by atoms with E-state index in [9.17, 15) is 0 Å². The SMILES string of the molecule is c1ccc2c(c1)CC(CCC1CCCCC1)=N2. The Kier molecular flexibility index (Phi) is 3.26. The number of rotatable bonds is 3. The van der Waals surface area contributed by atoms with Crippen molar-refractivity contribution in [3.05, 3.63) is 29.8 Å². The van der Waals surface area contributed by atoms with E-state index in [-0.39, 0.29) is 0 Å². The Morgan fingerprint density at radius 1 is 1.06 bits per heavy atom. The Morgan fingerprint density at radius 3 is 2.71 bits per heavy atom. The predicted molar refractivity (Wildman–Crippen MR) is 73.1 cm³/mol. The first-order valence-electron chi connectivity index (χ1n) is 7.06. The van der Waals surface area contributed by atoms with Gasteiger partial charge in [-0.25, -0.2) is 0 Å². The molecule has 0 spiro atoms. The molecule has 0 saturated heterocycles. The van der Waals surface area contributed by atoms with Crippen molar-refractivity contribution in [1.82, 2.24) is 0 Å². The summed E-state index contributed by atoms with van der Waals surface area (Å²) in [5, 5.41) is 0. The van der Waals surface area contributed by atoms with Crippen LogP contribution in [0, 0.1) is 5.92 Å². The van der Waals surface area contributed by atoms with Crippen molar-refractivity contribution in [2.45, 2.75) is 51.4 Å². The number of para-hydroxylation sites is 1. The molecule has 0 unspecified atom stereocenters. The van der Waals surface area contributed by atoms with Crippen LogP contribution in [0.25, 0.3) is 0 Å². The van der Waals surface area contributed by atoms with E-state index in [2.05, 4.69) is 24.3 Å². The maximum Gasteiger partial charge on any atom is 0.0664 e. The van der Waals surface area contributed by atoms with Crippen molar-refractivity contribution in [2.24, 2.45) is 10.9 Å². The Balaban J connectivity index is 1.54. The normalized spacial score (nSPS) is 20.1. The molecule has 1 aliphatic carbocycles. The molecule has 0 radical (unpaired) electrons. The molecule has 0 aromatic heterocycles. The molecule has 1 fully saturated rings. The second kappa shape index (κ2) is 5.03. The summed E-state index contributed by atoms with van der Waals surface area (Å²) >= 11 is 0.